The van der Waals surface area contributed by atoms with Gasteiger partial charge in [-0.05, 0) is 31.2 Å². The summed E-state index contributed by atoms with van der Waals surface area (Å²) in [6, 6.07) is 5.55. The molecule has 136 valence electrons. The average molecular weight is 367 g/mol. The van der Waals surface area contributed by atoms with Gasteiger partial charge in [0.05, 0.1) is 24.1 Å². The Morgan fingerprint density at radius 1 is 1.19 bits per heavy atom. The predicted molar refractivity (Wildman–Crippen MR) is 96.5 cm³/mol. The third-order valence-corrected chi connectivity index (χ3v) is 4.09. The Labute approximate surface area is 151 Å². The number of pyridine rings is 2. The summed E-state index contributed by atoms with van der Waals surface area (Å²) in [5.41, 5.74) is 0.829. The van der Waals surface area contributed by atoms with Crippen LogP contribution in [0.2, 0.25) is 0 Å². The SMILES string of the molecule is C[C@H](c1ccc(F)cn1)n1c(=O)[nH]c2cnc(Nc3ccc[nH]c3=O)nc21. The molecule has 27 heavy (non-hydrogen) atoms. The van der Waals surface area contributed by atoms with E-state index in [9.17, 15) is 14.0 Å². The fourth-order valence-electron chi connectivity index (χ4n) is 2.74. The van der Waals surface area contributed by atoms with Gasteiger partial charge in [-0.2, -0.15) is 4.98 Å². The van der Waals surface area contributed by atoms with Crippen molar-refractivity contribution >= 4 is 22.8 Å². The van der Waals surface area contributed by atoms with E-state index >= 15 is 0 Å². The van der Waals surface area contributed by atoms with E-state index in [0.29, 0.717) is 16.9 Å². The zero-order chi connectivity index (χ0) is 19.0. The molecule has 0 unspecified atom stereocenters. The fraction of sp³-hybridized carbons (Fsp3) is 0.118. The summed E-state index contributed by atoms with van der Waals surface area (Å²) in [6.07, 6.45) is 4.05. The highest BCUT2D eigenvalue weighted by Crippen LogP contribution is 2.19. The number of H-pyrrole nitrogens is 2. The van der Waals surface area contributed by atoms with Crippen molar-refractivity contribution in [2.24, 2.45) is 0 Å². The van der Waals surface area contributed by atoms with Gasteiger partial charge in [0.15, 0.2) is 5.65 Å². The highest BCUT2D eigenvalue weighted by Gasteiger charge is 2.18. The van der Waals surface area contributed by atoms with Gasteiger partial charge < -0.3 is 15.3 Å². The maximum Gasteiger partial charge on any atom is 0.328 e. The van der Waals surface area contributed by atoms with Crippen molar-refractivity contribution in [1.29, 1.82) is 0 Å². The number of nitrogens with one attached hydrogen (secondary N) is 3. The molecule has 0 radical (unpaired) electrons. The molecule has 0 aromatic carbocycles. The Kier molecular flexibility index (Phi) is 3.99. The van der Waals surface area contributed by atoms with Gasteiger partial charge in [0.25, 0.3) is 5.56 Å². The maximum absolute atomic E-state index is 13.1. The largest absolute Gasteiger partial charge is 0.328 e. The van der Waals surface area contributed by atoms with Gasteiger partial charge >= 0.3 is 5.69 Å². The topological polar surface area (TPSA) is 121 Å². The summed E-state index contributed by atoms with van der Waals surface area (Å²) in [4.78, 5) is 41.9. The molecule has 4 aromatic heterocycles. The zero-order valence-corrected chi connectivity index (χ0v) is 14.1. The van der Waals surface area contributed by atoms with Crippen molar-refractivity contribution in [3.8, 4) is 0 Å². The lowest BCUT2D eigenvalue weighted by Gasteiger charge is -2.12. The molecule has 1 atom stereocenters. The minimum absolute atomic E-state index is 0.159. The Hall–Kier alpha value is -3.82. The van der Waals surface area contributed by atoms with Crippen LogP contribution < -0.4 is 16.6 Å². The van der Waals surface area contributed by atoms with Crippen LogP contribution >= 0.6 is 0 Å². The summed E-state index contributed by atoms with van der Waals surface area (Å²) >= 11 is 0. The summed E-state index contributed by atoms with van der Waals surface area (Å²) < 4.78 is 14.5. The van der Waals surface area contributed by atoms with E-state index in [1.54, 1.807) is 19.1 Å². The number of nitrogens with zero attached hydrogens (tertiary/aromatic N) is 4. The van der Waals surface area contributed by atoms with Gasteiger partial charge in [-0.1, -0.05) is 0 Å². The Balaban J connectivity index is 1.78. The first kappa shape index (κ1) is 16.6. The maximum atomic E-state index is 13.1. The second-order valence-corrected chi connectivity index (χ2v) is 5.85. The second-order valence-electron chi connectivity index (χ2n) is 5.85. The third-order valence-electron chi connectivity index (χ3n) is 4.09. The van der Waals surface area contributed by atoms with Crippen molar-refractivity contribution in [3.63, 3.8) is 0 Å². The summed E-state index contributed by atoms with van der Waals surface area (Å²) in [6.45, 7) is 1.76. The summed E-state index contributed by atoms with van der Waals surface area (Å²) in [5, 5.41) is 2.83. The lowest BCUT2D eigenvalue weighted by Crippen LogP contribution is -2.22. The van der Waals surface area contributed by atoms with Gasteiger partial charge in [0.2, 0.25) is 5.95 Å². The van der Waals surface area contributed by atoms with Crippen molar-refractivity contribution in [3.05, 3.63) is 75.2 Å². The first-order valence-corrected chi connectivity index (χ1v) is 8.06. The van der Waals surface area contributed by atoms with Crippen LogP contribution in [0.25, 0.3) is 11.2 Å². The molecule has 0 amide bonds. The molecule has 9 nitrogen and oxygen atoms in total. The van der Waals surface area contributed by atoms with E-state index in [1.807, 2.05) is 0 Å². The predicted octanol–water partition coefficient (Wildman–Crippen LogP) is 1.69. The van der Waals surface area contributed by atoms with Crippen LogP contribution in [0.15, 0.2) is 52.4 Å². The highest BCUT2D eigenvalue weighted by molar-refractivity contribution is 5.72. The lowest BCUT2D eigenvalue weighted by atomic mass is 10.2. The fourth-order valence-corrected chi connectivity index (χ4v) is 2.74. The number of aromatic amines is 2. The highest BCUT2D eigenvalue weighted by atomic mass is 19.1. The van der Waals surface area contributed by atoms with E-state index in [0.717, 1.165) is 6.20 Å². The number of imidazole rings is 1. The number of fused-ring (bicyclic) bond motifs is 1. The molecule has 4 rings (SSSR count). The van der Waals surface area contributed by atoms with Gasteiger partial charge in [0, 0.05) is 6.20 Å². The number of rotatable bonds is 4. The van der Waals surface area contributed by atoms with E-state index < -0.39 is 17.5 Å². The third kappa shape index (κ3) is 3.08. The average Bonchev–Trinajstić information content (AvgIpc) is 2.99. The van der Waals surface area contributed by atoms with Gasteiger partial charge in [0.1, 0.15) is 17.0 Å². The van der Waals surface area contributed by atoms with Crippen molar-refractivity contribution in [2.45, 2.75) is 13.0 Å². The monoisotopic (exact) mass is 367 g/mol. The first-order chi connectivity index (χ1) is 13.0. The van der Waals surface area contributed by atoms with Crippen LogP contribution in [0.1, 0.15) is 18.7 Å². The zero-order valence-electron chi connectivity index (χ0n) is 14.1. The van der Waals surface area contributed by atoms with E-state index in [2.05, 4.69) is 30.2 Å². The molecule has 3 N–H and O–H groups in total. The quantitative estimate of drug-likeness (QED) is 0.505. The molecule has 0 aliphatic carbocycles. The van der Waals surface area contributed by atoms with Crippen LogP contribution in [0, 0.1) is 5.82 Å². The van der Waals surface area contributed by atoms with Gasteiger partial charge in [-0.25, -0.2) is 14.2 Å². The Morgan fingerprint density at radius 3 is 2.78 bits per heavy atom. The van der Waals surface area contributed by atoms with Gasteiger partial charge in [-0.3, -0.25) is 14.3 Å². The van der Waals surface area contributed by atoms with Crippen molar-refractivity contribution < 1.29 is 4.39 Å². The number of anilines is 2. The molecule has 0 fully saturated rings. The Bertz CT molecular complexity index is 1230. The molecule has 0 bridgehead atoms. The molecule has 4 heterocycles. The lowest BCUT2D eigenvalue weighted by molar-refractivity contribution is 0.592. The van der Waals surface area contributed by atoms with E-state index in [-0.39, 0.29) is 17.2 Å². The molecule has 0 saturated carbocycles. The van der Waals surface area contributed by atoms with Crippen molar-refractivity contribution in [1.82, 2.24) is 29.5 Å². The minimum Gasteiger partial charge on any atom is -0.327 e. The van der Waals surface area contributed by atoms with Crippen LogP contribution in [-0.2, 0) is 0 Å². The van der Waals surface area contributed by atoms with Gasteiger partial charge in [-0.15, -0.1) is 0 Å². The molecule has 0 saturated heterocycles. The normalized spacial score (nSPS) is 12.2. The smallest absolute Gasteiger partial charge is 0.327 e. The second kappa shape index (κ2) is 6.48. The molecule has 4 aromatic rings. The van der Waals surface area contributed by atoms with E-state index in [4.69, 9.17) is 0 Å². The number of hydrogen-bond donors (Lipinski definition) is 3. The van der Waals surface area contributed by atoms with Crippen LogP contribution in [-0.4, -0.2) is 29.5 Å². The number of hydrogen-bond acceptors (Lipinski definition) is 6. The summed E-state index contributed by atoms with van der Waals surface area (Å²) in [5.74, 6) is -0.301. The number of aromatic nitrogens is 6. The summed E-state index contributed by atoms with van der Waals surface area (Å²) in [7, 11) is 0. The van der Waals surface area contributed by atoms with Crippen LogP contribution in [0.5, 0.6) is 0 Å². The number of halogens is 1. The van der Waals surface area contributed by atoms with Crippen molar-refractivity contribution in [2.75, 3.05) is 5.32 Å². The first-order valence-electron chi connectivity index (χ1n) is 8.06. The standard InChI is InChI=1S/C17H14FN7O2/c1-9(11-5-4-10(18)7-20-11)25-14-13(23-17(25)27)8-21-16(24-14)22-12-3-2-6-19-15(12)26/h2-9H,1H3,(H,19,26)(H,23,27)(H,21,22,24)/t9-/m1/s1. The molecule has 0 aliphatic rings. The van der Waals surface area contributed by atoms with Crippen LogP contribution in [0.4, 0.5) is 16.0 Å². The molecular formula is C17H14FN7O2. The molecule has 0 spiro atoms. The molecule has 0 aliphatic heterocycles. The molecular weight excluding hydrogens is 353 g/mol. The van der Waals surface area contributed by atoms with Crippen LogP contribution in [0.3, 0.4) is 0 Å². The Morgan fingerprint density at radius 2 is 2.04 bits per heavy atom. The van der Waals surface area contributed by atoms with E-state index in [1.165, 1.54) is 29.1 Å². The molecule has 10 heteroatoms. The minimum atomic E-state index is -0.491.